The fourth-order valence-corrected chi connectivity index (χ4v) is 3.53. The van der Waals surface area contributed by atoms with Crippen molar-refractivity contribution in [3.05, 3.63) is 29.8 Å². The molecule has 4 atom stereocenters. The minimum atomic E-state index is -0.102. The number of nitrogens with zero attached hydrogens (tertiary/aromatic N) is 1. The molecule has 3 nitrogen and oxygen atoms in total. The number of anilines is 1. The van der Waals surface area contributed by atoms with E-state index >= 15 is 0 Å². The van der Waals surface area contributed by atoms with Crippen molar-refractivity contribution in [3.63, 3.8) is 0 Å². The standard InChI is InChI=1S/C17H21NO2/c1-10-4-6-13(7-5-10)18-16(19)14-8-11(2)12(3)9-15(14)17(18)20/h4-7,11-12,14-15H,8-9H2,1-3H3. The first-order valence-electron chi connectivity index (χ1n) is 7.43. The molecule has 20 heavy (non-hydrogen) atoms. The van der Waals surface area contributed by atoms with Crippen molar-refractivity contribution in [1.82, 2.24) is 0 Å². The number of aryl methyl sites for hydroxylation is 1. The summed E-state index contributed by atoms with van der Waals surface area (Å²) in [5, 5.41) is 0. The molecule has 1 aromatic rings. The first kappa shape index (κ1) is 13.3. The maximum atomic E-state index is 12.6. The third-order valence-corrected chi connectivity index (χ3v) is 5.08. The second-order valence-electron chi connectivity index (χ2n) is 6.49. The fourth-order valence-electron chi connectivity index (χ4n) is 3.53. The van der Waals surface area contributed by atoms with Crippen LogP contribution in [0, 0.1) is 30.6 Å². The molecule has 2 amide bonds. The molecule has 0 N–H and O–H groups in total. The van der Waals surface area contributed by atoms with Crippen molar-refractivity contribution in [2.24, 2.45) is 23.7 Å². The van der Waals surface area contributed by atoms with Gasteiger partial charge in [0.05, 0.1) is 17.5 Å². The van der Waals surface area contributed by atoms with Crippen LogP contribution in [0.1, 0.15) is 32.3 Å². The summed E-state index contributed by atoms with van der Waals surface area (Å²) in [6.07, 6.45) is 1.69. The zero-order valence-corrected chi connectivity index (χ0v) is 12.3. The number of fused-ring (bicyclic) bond motifs is 1. The van der Waals surface area contributed by atoms with Crippen molar-refractivity contribution in [3.8, 4) is 0 Å². The Bertz CT molecular complexity index is 521. The van der Waals surface area contributed by atoms with E-state index in [0.29, 0.717) is 11.8 Å². The van der Waals surface area contributed by atoms with Gasteiger partial charge in [-0.05, 0) is 43.7 Å². The summed E-state index contributed by atoms with van der Waals surface area (Å²) >= 11 is 0. The van der Waals surface area contributed by atoms with E-state index in [4.69, 9.17) is 0 Å². The average Bonchev–Trinajstić information content (AvgIpc) is 2.65. The van der Waals surface area contributed by atoms with E-state index in [2.05, 4.69) is 13.8 Å². The molecule has 3 rings (SSSR count). The number of imide groups is 1. The Balaban J connectivity index is 1.93. The first-order valence-corrected chi connectivity index (χ1v) is 7.43. The van der Waals surface area contributed by atoms with Crippen LogP contribution >= 0.6 is 0 Å². The number of hydrogen-bond acceptors (Lipinski definition) is 2. The highest BCUT2D eigenvalue weighted by Crippen LogP contribution is 2.44. The SMILES string of the molecule is Cc1ccc(N2C(=O)C3CC(C)C(C)CC3C2=O)cc1. The maximum Gasteiger partial charge on any atom is 0.237 e. The second-order valence-corrected chi connectivity index (χ2v) is 6.49. The van der Waals surface area contributed by atoms with E-state index in [9.17, 15) is 9.59 Å². The van der Waals surface area contributed by atoms with Gasteiger partial charge in [0, 0.05) is 0 Å². The van der Waals surface area contributed by atoms with Gasteiger partial charge in [0.25, 0.3) is 0 Å². The summed E-state index contributed by atoms with van der Waals surface area (Å²) < 4.78 is 0. The van der Waals surface area contributed by atoms with Gasteiger partial charge in [-0.1, -0.05) is 31.5 Å². The van der Waals surface area contributed by atoms with Gasteiger partial charge in [-0.3, -0.25) is 14.5 Å². The van der Waals surface area contributed by atoms with E-state index in [1.54, 1.807) is 0 Å². The van der Waals surface area contributed by atoms with Gasteiger partial charge in [-0.2, -0.15) is 0 Å². The third kappa shape index (κ3) is 1.96. The van der Waals surface area contributed by atoms with E-state index < -0.39 is 0 Å². The molecule has 0 aromatic heterocycles. The van der Waals surface area contributed by atoms with Crippen molar-refractivity contribution in [2.75, 3.05) is 4.90 Å². The van der Waals surface area contributed by atoms with E-state index in [-0.39, 0.29) is 23.7 Å². The predicted molar refractivity (Wildman–Crippen MR) is 78.2 cm³/mol. The molecular formula is C17H21NO2. The summed E-state index contributed by atoms with van der Waals surface area (Å²) in [5.41, 5.74) is 1.85. The molecular weight excluding hydrogens is 250 g/mol. The molecule has 1 heterocycles. The van der Waals surface area contributed by atoms with E-state index in [0.717, 1.165) is 24.1 Å². The normalized spacial score (nSPS) is 33.5. The van der Waals surface area contributed by atoms with Crippen LogP contribution in [-0.2, 0) is 9.59 Å². The highest BCUT2D eigenvalue weighted by atomic mass is 16.2. The average molecular weight is 271 g/mol. The second kappa shape index (κ2) is 4.72. The van der Waals surface area contributed by atoms with Crippen molar-refractivity contribution in [2.45, 2.75) is 33.6 Å². The number of amides is 2. The van der Waals surface area contributed by atoms with E-state index in [1.807, 2.05) is 31.2 Å². The van der Waals surface area contributed by atoms with E-state index in [1.165, 1.54) is 4.90 Å². The molecule has 4 unspecified atom stereocenters. The van der Waals surface area contributed by atoms with Crippen LogP contribution in [0.2, 0.25) is 0 Å². The minimum Gasteiger partial charge on any atom is -0.274 e. The number of carbonyl (C=O) groups is 2. The summed E-state index contributed by atoms with van der Waals surface area (Å²) in [4.78, 5) is 26.6. The minimum absolute atomic E-state index is 0.00241. The molecule has 106 valence electrons. The number of benzene rings is 1. The number of hydrogen-bond donors (Lipinski definition) is 0. The van der Waals surface area contributed by atoms with Crippen LogP contribution in [0.4, 0.5) is 5.69 Å². The van der Waals surface area contributed by atoms with Gasteiger partial charge in [-0.15, -0.1) is 0 Å². The Morgan fingerprint density at radius 1 is 0.900 bits per heavy atom. The lowest BCUT2D eigenvalue weighted by Gasteiger charge is -2.31. The van der Waals surface area contributed by atoms with Gasteiger partial charge in [0.15, 0.2) is 0 Å². The molecule has 1 saturated carbocycles. The van der Waals surface area contributed by atoms with Crippen molar-refractivity contribution in [1.29, 1.82) is 0 Å². The summed E-state index contributed by atoms with van der Waals surface area (Å²) in [6, 6.07) is 7.64. The van der Waals surface area contributed by atoms with Crippen LogP contribution in [0.5, 0.6) is 0 Å². The Morgan fingerprint density at radius 2 is 1.35 bits per heavy atom. The van der Waals surface area contributed by atoms with Crippen LogP contribution in [-0.4, -0.2) is 11.8 Å². The molecule has 1 aliphatic heterocycles. The smallest absolute Gasteiger partial charge is 0.237 e. The Kier molecular flexibility index (Phi) is 3.15. The molecule has 1 aliphatic carbocycles. The predicted octanol–water partition coefficient (Wildman–Crippen LogP) is 3.17. The first-order chi connectivity index (χ1) is 9.49. The monoisotopic (exact) mass is 271 g/mol. The highest BCUT2D eigenvalue weighted by molar-refractivity contribution is 6.22. The lowest BCUT2D eigenvalue weighted by Crippen LogP contribution is -2.30. The van der Waals surface area contributed by atoms with Crippen LogP contribution in [0.25, 0.3) is 0 Å². The quantitative estimate of drug-likeness (QED) is 0.736. The fraction of sp³-hybridized carbons (Fsp3) is 0.529. The molecule has 3 heteroatoms. The molecule has 0 bridgehead atoms. The Hall–Kier alpha value is -1.64. The van der Waals surface area contributed by atoms with Crippen LogP contribution in [0.15, 0.2) is 24.3 Å². The Morgan fingerprint density at radius 3 is 1.80 bits per heavy atom. The third-order valence-electron chi connectivity index (χ3n) is 5.08. The van der Waals surface area contributed by atoms with Crippen molar-refractivity contribution < 1.29 is 9.59 Å². The molecule has 0 spiro atoms. The topological polar surface area (TPSA) is 37.4 Å². The zero-order valence-electron chi connectivity index (χ0n) is 12.3. The molecule has 0 radical (unpaired) electrons. The van der Waals surface area contributed by atoms with Crippen LogP contribution < -0.4 is 4.90 Å². The van der Waals surface area contributed by atoms with Crippen LogP contribution in [0.3, 0.4) is 0 Å². The van der Waals surface area contributed by atoms with Gasteiger partial charge in [-0.25, -0.2) is 0 Å². The summed E-state index contributed by atoms with van der Waals surface area (Å²) in [7, 11) is 0. The maximum absolute atomic E-state index is 12.6. The van der Waals surface area contributed by atoms with Gasteiger partial charge in [0.2, 0.25) is 11.8 Å². The molecule has 2 fully saturated rings. The number of carbonyl (C=O) groups excluding carboxylic acids is 2. The van der Waals surface area contributed by atoms with Gasteiger partial charge < -0.3 is 0 Å². The lowest BCUT2D eigenvalue weighted by molar-refractivity contribution is -0.122. The van der Waals surface area contributed by atoms with Crippen molar-refractivity contribution >= 4 is 17.5 Å². The molecule has 2 aliphatic rings. The molecule has 1 aromatic carbocycles. The number of rotatable bonds is 1. The highest BCUT2D eigenvalue weighted by Gasteiger charge is 2.51. The summed E-state index contributed by atoms with van der Waals surface area (Å²) in [6.45, 7) is 6.38. The Labute approximate surface area is 120 Å². The van der Waals surface area contributed by atoms with Gasteiger partial charge >= 0.3 is 0 Å². The lowest BCUT2D eigenvalue weighted by atomic mass is 9.70. The zero-order chi connectivity index (χ0) is 14.4. The molecule has 1 saturated heterocycles. The van der Waals surface area contributed by atoms with Gasteiger partial charge in [0.1, 0.15) is 0 Å². The summed E-state index contributed by atoms with van der Waals surface area (Å²) in [5.74, 6) is 0.840. The largest absolute Gasteiger partial charge is 0.274 e.